The summed E-state index contributed by atoms with van der Waals surface area (Å²) in [5, 5.41) is 3.37. The van der Waals surface area contributed by atoms with Gasteiger partial charge in [0.25, 0.3) is 0 Å². The van der Waals surface area contributed by atoms with Crippen LogP contribution in [0.15, 0.2) is 40.4 Å². The Balaban J connectivity index is 2.78. The predicted octanol–water partition coefficient (Wildman–Crippen LogP) is 1.76. The van der Waals surface area contributed by atoms with Crippen LogP contribution in [0, 0.1) is 0 Å². The summed E-state index contributed by atoms with van der Waals surface area (Å²) < 4.78 is 32.5. The maximum Gasteiger partial charge on any atom is 0.358 e. The highest BCUT2D eigenvalue weighted by atomic mass is 32.2. The molecule has 1 rings (SSSR count). The van der Waals surface area contributed by atoms with Gasteiger partial charge in [0, 0.05) is 6.92 Å². The number of oxime groups is 1. The van der Waals surface area contributed by atoms with Crippen LogP contribution in [-0.4, -0.2) is 20.9 Å². The first-order valence-corrected chi connectivity index (χ1v) is 6.13. The van der Waals surface area contributed by atoms with Crippen LogP contribution in [0.3, 0.4) is 0 Å². The number of benzene rings is 1. The highest BCUT2D eigenvalue weighted by molar-refractivity contribution is 7.86. The minimum atomic E-state index is -3.84. The molecule has 0 unspecified atom stereocenters. The zero-order valence-electron chi connectivity index (χ0n) is 9.08. The average molecular weight is 243 g/mol. The third-order valence-electron chi connectivity index (χ3n) is 1.65. The number of hydrogen-bond acceptors (Lipinski definition) is 5. The van der Waals surface area contributed by atoms with E-state index in [0.717, 1.165) is 0 Å². The highest BCUT2D eigenvalue weighted by Gasteiger charge is 2.14. The Hall–Kier alpha value is -1.56. The van der Waals surface area contributed by atoms with Crippen molar-refractivity contribution in [3.8, 4) is 0 Å². The van der Waals surface area contributed by atoms with Crippen molar-refractivity contribution in [2.24, 2.45) is 5.16 Å². The van der Waals surface area contributed by atoms with Crippen LogP contribution >= 0.6 is 0 Å². The number of hydrogen-bond donors (Lipinski definition) is 0. The van der Waals surface area contributed by atoms with Gasteiger partial charge in [-0.3, -0.25) is 4.28 Å². The lowest BCUT2D eigenvalue weighted by Crippen LogP contribution is -2.06. The van der Waals surface area contributed by atoms with Crippen molar-refractivity contribution in [1.29, 1.82) is 0 Å². The van der Waals surface area contributed by atoms with Gasteiger partial charge < -0.3 is 4.74 Å². The maximum absolute atomic E-state index is 11.6. The van der Waals surface area contributed by atoms with E-state index in [0.29, 0.717) is 6.61 Å². The molecule has 1 aromatic carbocycles. The predicted molar refractivity (Wildman–Crippen MR) is 59.4 cm³/mol. The van der Waals surface area contributed by atoms with E-state index in [1.165, 1.54) is 19.1 Å². The normalized spacial score (nSPS) is 12.2. The average Bonchev–Trinajstić information content (AvgIpc) is 2.28. The van der Waals surface area contributed by atoms with E-state index < -0.39 is 10.1 Å². The van der Waals surface area contributed by atoms with E-state index in [1.54, 1.807) is 25.1 Å². The molecule has 0 spiro atoms. The molecule has 0 aliphatic rings. The Bertz CT molecular complexity index is 453. The van der Waals surface area contributed by atoms with E-state index in [1.807, 2.05) is 0 Å². The van der Waals surface area contributed by atoms with Crippen molar-refractivity contribution in [3.05, 3.63) is 30.3 Å². The first-order valence-electron chi connectivity index (χ1n) is 4.72. The summed E-state index contributed by atoms with van der Waals surface area (Å²) in [4.78, 5) is 0.0584. The minimum absolute atomic E-state index is 0.0584. The van der Waals surface area contributed by atoms with Gasteiger partial charge in [-0.25, -0.2) is 0 Å². The van der Waals surface area contributed by atoms with Gasteiger partial charge in [-0.15, -0.1) is 0 Å². The van der Waals surface area contributed by atoms with Crippen LogP contribution in [0.25, 0.3) is 0 Å². The van der Waals surface area contributed by atoms with Gasteiger partial charge >= 0.3 is 10.1 Å². The van der Waals surface area contributed by atoms with Crippen molar-refractivity contribution in [1.82, 2.24) is 0 Å². The molecule has 0 saturated heterocycles. The van der Waals surface area contributed by atoms with Crippen molar-refractivity contribution in [2.45, 2.75) is 18.7 Å². The smallest absolute Gasteiger partial charge is 0.358 e. The maximum atomic E-state index is 11.6. The molecular formula is C10H13NO4S. The lowest BCUT2D eigenvalue weighted by atomic mass is 10.4. The highest BCUT2D eigenvalue weighted by Crippen LogP contribution is 2.11. The molecule has 0 saturated carbocycles. The van der Waals surface area contributed by atoms with Gasteiger partial charge in [0.2, 0.25) is 5.90 Å². The van der Waals surface area contributed by atoms with Gasteiger partial charge in [0.15, 0.2) is 0 Å². The topological polar surface area (TPSA) is 65.0 Å². The Morgan fingerprint density at radius 3 is 2.50 bits per heavy atom. The standard InChI is InChI=1S/C10H13NO4S/c1-3-14-9(2)11-15-16(12,13)10-7-5-4-6-8-10/h4-8H,3H2,1-2H3. The summed E-state index contributed by atoms with van der Waals surface area (Å²) in [6, 6.07) is 7.79. The summed E-state index contributed by atoms with van der Waals surface area (Å²) >= 11 is 0. The lowest BCUT2D eigenvalue weighted by Gasteiger charge is -2.03. The molecule has 0 radical (unpaired) electrons. The zero-order chi connectivity index (χ0) is 12.0. The monoisotopic (exact) mass is 243 g/mol. The Kier molecular flexibility index (Phi) is 4.30. The zero-order valence-corrected chi connectivity index (χ0v) is 9.90. The molecule has 0 fully saturated rings. The molecular weight excluding hydrogens is 230 g/mol. The molecule has 0 N–H and O–H groups in total. The molecule has 0 amide bonds. The number of nitrogens with zero attached hydrogens (tertiary/aromatic N) is 1. The Labute approximate surface area is 94.8 Å². The third-order valence-corrected chi connectivity index (χ3v) is 2.77. The van der Waals surface area contributed by atoms with Crippen molar-refractivity contribution < 1.29 is 17.4 Å². The summed E-state index contributed by atoms with van der Waals surface area (Å²) in [6.07, 6.45) is 0. The van der Waals surface area contributed by atoms with Crippen LogP contribution in [0.2, 0.25) is 0 Å². The van der Waals surface area contributed by atoms with Gasteiger partial charge in [-0.2, -0.15) is 8.42 Å². The quantitative estimate of drug-likeness (QED) is 0.459. The first-order chi connectivity index (χ1) is 7.56. The summed E-state index contributed by atoms with van der Waals surface area (Å²) in [5.74, 6) is 0.169. The molecule has 88 valence electrons. The van der Waals surface area contributed by atoms with Crippen LogP contribution in [-0.2, 0) is 19.1 Å². The van der Waals surface area contributed by atoms with Gasteiger partial charge in [-0.1, -0.05) is 18.2 Å². The van der Waals surface area contributed by atoms with Gasteiger partial charge in [-0.05, 0) is 24.2 Å². The minimum Gasteiger partial charge on any atom is -0.479 e. The lowest BCUT2D eigenvalue weighted by molar-refractivity contribution is 0.277. The molecule has 6 heteroatoms. The summed E-state index contributed by atoms with van der Waals surface area (Å²) in [5.41, 5.74) is 0. The fraction of sp³-hybridized carbons (Fsp3) is 0.300. The van der Waals surface area contributed by atoms with Crippen LogP contribution in [0.1, 0.15) is 13.8 Å². The molecule has 0 aliphatic heterocycles. The molecule has 16 heavy (non-hydrogen) atoms. The largest absolute Gasteiger partial charge is 0.479 e. The van der Waals surface area contributed by atoms with Crippen molar-refractivity contribution in [2.75, 3.05) is 6.61 Å². The fourth-order valence-corrected chi connectivity index (χ4v) is 1.75. The Morgan fingerprint density at radius 1 is 1.31 bits per heavy atom. The molecule has 0 heterocycles. The van der Waals surface area contributed by atoms with Crippen molar-refractivity contribution >= 4 is 16.0 Å². The molecule has 0 bridgehead atoms. The van der Waals surface area contributed by atoms with Crippen molar-refractivity contribution in [3.63, 3.8) is 0 Å². The second-order valence-electron chi connectivity index (χ2n) is 2.89. The van der Waals surface area contributed by atoms with E-state index in [4.69, 9.17) is 4.74 Å². The van der Waals surface area contributed by atoms with Crippen LogP contribution in [0.4, 0.5) is 0 Å². The summed E-state index contributed by atoms with van der Waals surface area (Å²) in [6.45, 7) is 3.69. The van der Waals surface area contributed by atoms with E-state index in [-0.39, 0.29) is 10.8 Å². The first kappa shape index (κ1) is 12.5. The van der Waals surface area contributed by atoms with Gasteiger partial charge in [0.05, 0.1) is 6.61 Å². The fourth-order valence-electron chi connectivity index (χ4n) is 0.967. The molecule has 5 nitrogen and oxygen atoms in total. The second kappa shape index (κ2) is 5.50. The van der Waals surface area contributed by atoms with Crippen LogP contribution < -0.4 is 0 Å². The summed E-state index contributed by atoms with van der Waals surface area (Å²) in [7, 11) is -3.84. The van der Waals surface area contributed by atoms with Gasteiger partial charge in [0.1, 0.15) is 4.90 Å². The van der Waals surface area contributed by atoms with E-state index in [9.17, 15) is 8.42 Å². The molecule has 1 aromatic rings. The van der Waals surface area contributed by atoms with E-state index in [2.05, 4.69) is 9.44 Å². The van der Waals surface area contributed by atoms with Crippen LogP contribution in [0.5, 0.6) is 0 Å². The second-order valence-corrected chi connectivity index (χ2v) is 4.41. The number of rotatable bonds is 4. The molecule has 0 aliphatic carbocycles. The van der Waals surface area contributed by atoms with E-state index >= 15 is 0 Å². The Morgan fingerprint density at radius 2 is 1.94 bits per heavy atom. The molecule has 0 atom stereocenters. The third kappa shape index (κ3) is 3.54. The molecule has 0 aromatic heterocycles. The number of ether oxygens (including phenoxy) is 1. The SMILES string of the molecule is CCOC(C)=NOS(=O)(=O)c1ccccc1.